The number of benzene rings is 2. The average Bonchev–Trinajstić information content (AvgIpc) is 3.19. The van der Waals surface area contributed by atoms with Crippen LogP contribution in [0.5, 0.6) is 0 Å². The number of carbonyl (C=O) groups is 1. The highest BCUT2D eigenvalue weighted by molar-refractivity contribution is 7.99. The van der Waals surface area contributed by atoms with Gasteiger partial charge in [0.1, 0.15) is 5.69 Å². The number of rotatable bonds is 7. The molecule has 2 aromatic heterocycles. The van der Waals surface area contributed by atoms with Gasteiger partial charge in [0.05, 0.1) is 21.6 Å². The van der Waals surface area contributed by atoms with E-state index in [9.17, 15) is 19.7 Å². The quantitative estimate of drug-likeness (QED) is 0.189. The predicted octanol–water partition coefficient (Wildman–Crippen LogP) is 3.52. The lowest BCUT2D eigenvalue weighted by molar-refractivity contribution is -0.383. The topological polar surface area (TPSA) is 124 Å². The number of nitro groups is 1. The number of hydrogen-bond donors (Lipinski definition) is 1. The Hall–Kier alpha value is -3.70. The first-order chi connectivity index (χ1) is 15.4. The number of carbonyl (C=O) groups excluding carboxylic acids is 1. The van der Waals surface area contributed by atoms with Crippen LogP contribution in [0.2, 0.25) is 5.02 Å². The summed E-state index contributed by atoms with van der Waals surface area (Å²) in [5, 5.41) is 23.1. The van der Waals surface area contributed by atoms with E-state index in [-0.39, 0.29) is 34.3 Å². The molecule has 0 atom stereocenters. The molecular formula is C20H15ClN6O4S. The number of halogens is 1. The van der Waals surface area contributed by atoms with E-state index in [1.807, 2.05) is 0 Å². The van der Waals surface area contributed by atoms with Crippen molar-refractivity contribution in [3.63, 3.8) is 0 Å². The monoisotopic (exact) mass is 470 g/mol. The predicted molar refractivity (Wildman–Crippen MR) is 122 cm³/mol. The number of anilines is 1. The van der Waals surface area contributed by atoms with Crippen LogP contribution in [-0.4, -0.2) is 35.7 Å². The number of nitro benzene ring substituents is 1. The Morgan fingerprint density at radius 1 is 1.28 bits per heavy atom. The summed E-state index contributed by atoms with van der Waals surface area (Å²) in [7, 11) is 0. The summed E-state index contributed by atoms with van der Waals surface area (Å²) in [5.74, 6) is -0.262. The molecule has 0 fully saturated rings. The SMILES string of the molecule is C=CCn1c(=O)c2ccccc2n2c(SCC(=O)Nc3cc(Cl)ccc3[N+](=O)[O-])nnc12. The molecule has 0 aliphatic rings. The van der Waals surface area contributed by atoms with Crippen molar-refractivity contribution in [3.8, 4) is 0 Å². The number of aromatic nitrogens is 4. The zero-order chi connectivity index (χ0) is 22.8. The Morgan fingerprint density at radius 2 is 2.06 bits per heavy atom. The van der Waals surface area contributed by atoms with Crippen LogP contribution >= 0.6 is 23.4 Å². The highest BCUT2D eigenvalue weighted by atomic mass is 35.5. The molecule has 0 aliphatic carbocycles. The van der Waals surface area contributed by atoms with E-state index in [4.69, 9.17) is 11.6 Å². The summed E-state index contributed by atoms with van der Waals surface area (Å²) < 4.78 is 3.14. The fourth-order valence-corrected chi connectivity index (χ4v) is 4.12. The summed E-state index contributed by atoms with van der Waals surface area (Å²) >= 11 is 6.98. The van der Waals surface area contributed by atoms with Crippen LogP contribution in [0.15, 0.2) is 65.1 Å². The van der Waals surface area contributed by atoms with Crippen molar-refractivity contribution in [1.29, 1.82) is 0 Å². The molecule has 162 valence electrons. The van der Waals surface area contributed by atoms with Gasteiger partial charge < -0.3 is 5.32 Å². The second kappa shape index (κ2) is 8.81. The van der Waals surface area contributed by atoms with Gasteiger partial charge in [-0.25, -0.2) is 0 Å². The Labute approximate surface area is 189 Å². The maximum atomic E-state index is 12.8. The molecule has 2 aromatic carbocycles. The molecule has 0 saturated heterocycles. The second-order valence-electron chi connectivity index (χ2n) is 6.59. The maximum absolute atomic E-state index is 12.8. The number of amides is 1. The van der Waals surface area contributed by atoms with E-state index < -0.39 is 10.8 Å². The minimum absolute atomic E-state index is 0.00414. The number of fused-ring (bicyclic) bond motifs is 3. The lowest BCUT2D eigenvalue weighted by Gasteiger charge is -2.10. The van der Waals surface area contributed by atoms with Gasteiger partial charge in [-0.05, 0) is 24.3 Å². The van der Waals surface area contributed by atoms with E-state index in [0.717, 1.165) is 11.8 Å². The van der Waals surface area contributed by atoms with Crippen LogP contribution in [0.1, 0.15) is 0 Å². The fraction of sp³-hybridized carbons (Fsp3) is 0.100. The van der Waals surface area contributed by atoms with Gasteiger partial charge in [0.2, 0.25) is 11.7 Å². The number of nitrogens with zero attached hydrogens (tertiary/aromatic N) is 5. The van der Waals surface area contributed by atoms with Crippen LogP contribution in [0.25, 0.3) is 16.7 Å². The average molecular weight is 471 g/mol. The van der Waals surface area contributed by atoms with Gasteiger partial charge in [0, 0.05) is 17.6 Å². The summed E-state index contributed by atoms with van der Waals surface area (Å²) in [6, 6.07) is 10.9. The highest BCUT2D eigenvalue weighted by Crippen LogP contribution is 2.28. The summed E-state index contributed by atoms with van der Waals surface area (Å²) in [6.45, 7) is 3.93. The maximum Gasteiger partial charge on any atom is 0.292 e. The van der Waals surface area contributed by atoms with Gasteiger partial charge in [-0.3, -0.25) is 28.7 Å². The third-order valence-electron chi connectivity index (χ3n) is 4.55. The summed E-state index contributed by atoms with van der Waals surface area (Å²) in [5.41, 5.74) is 0.124. The molecule has 12 heteroatoms. The van der Waals surface area contributed by atoms with E-state index >= 15 is 0 Å². The molecule has 1 N–H and O–H groups in total. The lowest BCUT2D eigenvalue weighted by Crippen LogP contribution is -2.22. The smallest absolute Gasteiger partial charge is 0.292 e. The standard InChI is InChI=1S/C20H15ClN6O4S/c1-2-9-25-18(29)13-5-3-4-6-15(13)26-19(25)23-24-20(26)32-11-17(28)22-14-10-12(21)7-8-16(14)27(30)31/h2-8,10H,1,9,11H2,(H,22,28). The number of nitrogens with one attached hydrogen (secondary N) is 1. The molecule has 0 saturated carbocycles. The van der Waals surface area contributed by atoms with Crippen molar-refractivity contribution in [2.45, 2.75) is 11.7 Å². The van der Waals surface area contributed by atoms with Crippen molar-refractivity contribution in [2.24, 2.45) is 0 Å². The van der Waals surface area contributed by atoms with Crippen LogP contribution in [0.3, 0.4) is 0 Å². The van der Waals surface area contributed by atoms with Crippen LogP contribution in [0.4, 0.5) is 11.4 Å². The third-order valence-corrected chi connectivity index (χ3v) is 5.72. The Morgan fingerprint density at radius 3 is 2.81 bits per heavy atom. The molecule has 10 nitrogen and oxygen atoms in total. The Balaban J connectivity index is 1.66. The molecule has 4 aromatic rings. The van der Waals surface area contributed by atoms with Gasteiger partial charge in [0.15, 0.2) is 5.16 Å². The number of hydrogen-bond acceptors (Lipinski definition) is 7. The van der Waals surface area contributed by atoms with Crippen LogP contribution in [-0.2, 0) is 11.3 Å². The van der Waals surface area contributed by atoms with Crippen molar-refractivity contribution in [2.75, 3.05) is 11.1 Å². The first-order valence-corrected chi connectivity index (χ1v) is 10.6. The lowest BCUT2D eigenvalue weighted by atomic mass is 10.2. The van der Waals surface area contributed by atoms with Gasteiger partial charge in [-0.15, -0.1) is 16.8 Å². The van der Waals surface area contributed by atoms with Gasteiger partial charge in [-0.2, -0.15) is 0 Å². The van der Waals surface area contributed by atoms with Crippen LogP contribution < -0.4 is 10.9 Å². The second-order valence-corrected chi connectivity index (χ2v) is 7.97. The van der Waals surface area contributed by atoms with Crippen molar-refractivity contribution < 1.29 is 9.72 Å². The molecular weight excluding hydrogens is 456 g/mol. The first kappa shape index (κ1) is 21.5. The fourth-order valence-electron chi connectivity index (χ4n) is 3.20. The molecule has 0 unspecified atom stereocenters. The molecule has 0 radical (unpaired) electrons. The minimum Gasteiger partial charge on any atom is -0.320 e. The zero-order valence-electron chi connectivity index (χ0n) is 16.4. The molecule has 0 spiro atoms. The largest absolute Gasteiger partial charge is 0.320 e. The van der Waals surface area contributed by atoms with Crippen molar-refractivity contribution in [1.82, 2.24) is 19.2 Å². The Bertz CT molecular complexity index is 1450. The molecule has 1 amide bonds. The molecule has 0 bridgehead atoms. The van der Waals surface area contributed by atoms with Gasteiger partial charge in [0.25, 0.3) is 11.2 Å². The zero-order valence-corrected chi connectivity index (χ0v) is 18.0. The third kappa shape index (κ3) is 3.95. The highest BCUT2D eigenvalue weighted by Gasteiger charge is 2.19. The van der Waals surface area contributed by atoms with Gasteiger partial charge >= 0.3 is 0 Å². The molecule has 2 heterocycles. The molecule has 32 heavy (non-hydrogen) atoms. The molecule has 4 rings (SSSR count). The number of thioether (sulfide) groups is 1. The van der Waals surface area contributed by atoms with Crippen molar-refractivity contribution in [3.05, 3.63) is 80.6 Å². The van der Waals surface area contributed by atoms with E-state index in [0.29, 0.717) is 21.8 Å². The van der Waals surface area contributed by atoms with Crippen LogP contribution in [0, 0.1) is 10.1 Å². The normalized spacial score (nSPS) is 11.0. The van der Waals surface area contributed by atoms with Gasteiger partial charge in [-0.1, -0.05) is 41.6 Å². The first-order valence-electron chi connectivity index (χ1n) is 9.25. The van der Waals surface area contributed by atoms with E-state index in [2.05, 4.69) is 22.1 Å². The van der Waals surface area contributed by atoms with E-state index in [1.54, 1.807) is 34.7 Å². The summed E-state index contributed by atoms with van der Waals surface area (Å²) in [6.07, 6.45) is 1.59. The molecule has 0 aliphatic heterocycles. The Kier molecular flexibility index (Phi) is 5.93. The van der Waals surface area contributed by atoms with Crippen molar-refractivity contribution >= 4 is 57.3 Å². The summed E-state index contributed by atoms with van der Waals surface area (Å²) in [4.78, 5) is 35.9. The number of allylic oxidation sites excluding steroid dienone is 1. The minimum atomic E-state index is -0.601. The number of para-hydroxylation sites is 1. The van der Waals surface area contributed by atoms with E-state index in [1.165, 1.54) is 22.8 Å².